The lowest BCUT2D eigenvalue weighted by Crippen LogP contribution is -2.33. The lowest BCUT2D eigenvalue weighted by atomic mass is 9.95. The Morgan fingerprint density at radius 2 is 2.04 bits per heavy atom. The highest BCUT2D eigenvalue weighted by Gasteiger charge is 2.26. The molecule has 26 heavy (non-hydrogen) atoms. The van der Waals surface area contributed by atoms with Gasteiger partial charge >= 0.3 is 0 Å². The third-order valence-corrected chi connectivity index (χ3v) is 5.06. The Labute approximate surface area is 152 Å². The third kappa shape index (κ3) is 3.55. The second kappa shape index (κ2) is 7.41. The molecule has 0 amide bonds. The lowest BCUT2D eigenvalue weighted by Gasteiger charge is -2.30. The predicted molar refractivity (Wildman–Crippen MR) is 95.5 cm³/mol. The quantitative estimate of drug-likeness (QED) is 0.675. The standard InChI is InChI=1S/C18H25N7O/c1-3-25-17(12-24-9-6-19-13-24)20-21-18(25)15-4-7-23(8-5-15)11-16-10-14(2)22-26-16/h6,9-10,13,15H,3-5,7-8,11-12H2,1-2H3. The van der Waals surface area contributed by atoms with Crippen LogP contribution in [0.2, 0.25) is 0 Å². The Bertz CT molecular complexity index is 828. The van der Waals surface area contributed by atoms with Gasteiger partial charge in [0.25, 0.3) is 0 Å². The van der Waals surface area contributed by atoms with E-state index in [-0.39, 0.29) is 0 Å². The van der Waals surface area contributed by atoms with Crippen LogP contribution in [-0.4, -0.2) is 47.5 Å². The van der Waals surface area contributed by atoms with Gasteiger partial charge in [-0.3, -0.25) is 4.90 Å². The molecular formula is C18H25N7O. The van der Waals surface area contributed by atoms with E-state index >= 15 is 0 Å². The number of nitrogens with zero attached hydrogens (tertiary/aromatic N) is 7. The third-order valence-electron chi connectivity index (χ3n) is 5.06. The molecule has 1 aliphatic rings. The van der Waals surface area contributed by atoms with Crippen molar-refractivity contribution < 1.29 is 4.52 Å². The van der Waals surface area contributed by atoms with Crippen molar-refractivity contribution in [3.05, 3.63) is 47.9 Å². The normalized spacial score (nSPS) is 16.4. The molecule has 0 N–H and O–H groups in total. The zero-order chi connectivity index (χ0) is 17.9. The average molecular weight is 355 g/mol. The number of imidazole rings is 1. The smallest absolute Gasteiger partial charge is 0.153 e. The van der Waals surface area contributed by atoms with E-state index in [1.807, 2.05) is 30.1 Å². The summed E-state index contributed by atoms with van der Waals surface area (Å²) in [6.07, 6.45) is 7.75. The molecule has 0 bridgehead atoms. The fraction of sp³-hybridized carbons (Fsp3) is 0.556. The van der Waals surface area contributed by atoms with Gasteiger partial charge in [-0.25, -0.2) is 4.98 Å². The number of aromatic nitrogens is 6. The van der Waals surface area contributed by atoms with E-state index in [2.05, 4.69) is 36.7 Å². The summed E-state index contributed by atoms with van der Waals surface area (Å²) >= 11 is 0. The molecule has 138 valence electrons. The molecule has 1 saturated heterocycles. The van der Waals surface area contributed by atoms with Gasteiger partial charge in [0.2, 0.25) is 0 Å². The van der Waals surface area contributed by atoms with Gasteiger partial charge in [0.15, 0.2) is 11.6 Å². The van der Waals surface area contributed by atoms with Gasteiger partial charge in [-0.15, -0.1) is 10.2 Å². The molecule has 1 aliphatic heterocycles. The monoisotopic (exact) mass is 355 g/mol. The topological polar surface area (TPSA) is 77.8 Å². The summed E-state index contributed by atoms with van der Waals surface area (Å²) in [7, 11) is 0. The zero-order valence-electron chi connectivity index (χ0n) is 15.4. The molecule has 8 nitrogen and oxygen atoms in total. The minimum atomic E-state index is 0.465. The van der Waals surface area contributed by atoms with E-state index < -0.39 is 0 Å². The second-order valence-corrected chi connectivity index (χ2v) is 6.94. The maximum Gasteiger partial charge on any atom is 0.153 e. The SMILES string of the molecule is CCn1c(Cn2ccnc2)nnc1C1CCN(Cc2cc(C)no2)CC1. The van der Waals surface area contributed by atoms with Crippen LogP contribution >= 0.6 is 0 Å². The molecule has 0 atom stereocenters. The molecule has 8 heteroatoms. The van der Waals surface area contributed by atoms with Crippen molar-refractivity contribution in [2.45, 2.75) is 52.2 Å². The number of aryl methyl sites for hydroxylation is 1. The number of piperidine rings is 1. The predicted octanol–water partition coefficient (Wildman–Crippen LogP) is 2.22. The summed E-state index contributed by atoms with van der Waals surface area (Å²) in [5.74, 6) is 3.53. The Morgan fingerprint density at radius 3 is 2.69 bits per heavy atom. The Morgan fingerprint density at radius 1 is 1.19 bits per heavy atom. The van der Waals surface area contributed by atoms with E-state index in [9.17, 15) is 0 Å². The first-order chi connectivity index (χ1) is 12.7. The first kappa shape index (κ1) is 17.0. The second-order valence-electron chi connectivity index (χ2n) is 6.94. The molecule has 0 spiro atoms. The van der Waals surface area contributed by atoms with Crippen LogP contribution in [-0.2, 0) is 19.6 Å². The highest BCUT2D eigenvalue weighted by atomic mass is 16.5. The maximum absolute atomic E-state index is 5.34. The molecular weight excluding hydrogens is 330 g/mol. The van der Waals surface area contributed by atoms with Gasteiger partial charge in [0.1, 0.15) is 5.82 Å². The summed E-state index contributed by atoms with van der Waals surface area (Å²) in [5.41, 5.74) is 0.941. The maximum atomic E-state index is 5.34. The van der Waals surface area contributed by atoms with Crippen molar-refractivity contribution >= 4 is 0 Å². The number of rotatable bonds is 6. The lowest BCUT2D eigenvalue weighted by molar-refractivity contribution is 0.180. The highest BCUT2D eigenvalue weighted by molar-refractivity contribution is 5.06. The van der Waals surface area contributed by atoms with E-state index in [0.29, 0.717) is 12.5 Å². The Hall–Kier alpha value is -2.48. The van der Waals surface area contributed by atoms with Crippen LogP contribution in [0.25, 0.3) is 0 Å². The van der Waals surface area contributed by atoms with Crippen molar-refractivity contribution in [1.82, 2.24) is 34.4 Å². The molecule has 0 aromatic carbocycles. The van der Waals surface area contributed by atoms with Crippen LogP contribution in [0.4, 0.5) is 0 Å². The van der Waals surface area contributed by atoms with Gasteiger partial charge in [0, 0.05) is 30.9 Å². The van der Waals surface area contributed by atoms with E-state index in [4.69, 9.17) is 4.52 Å². The van der Waals surface area contributed by atoms with Crippen molar-refractivity contribution in [2.24, 2.45) is 0 Å². The number of hydrogen-bond acceptors (Lipinski definition) is 6. The first-order valence-corrected chi connectivity index (χ1v) is 9.25. The largest absolute Gasteiger partial charge is 0.360 e. The van der Waals surface area contributed by atoms with Crippen LogP contribution in [0.3, 0.4) is 0 Å². The fourth-order valence-electron chi connectivity index (χ4n) is 3.72. The molecule has 0 radical (unpaired) electrons. The van der Waals surface area contributed by atoms with Gasteiger partial charge < -0.3 is 13.7 Å². The molecule has 3 aromatic heterocycles. The van der Waals surface area contributed by atoms with Crippen molar-refractivity contribution in [3.8, 4) is 0 Å². The van der Waals surface area contributed by atoms with Crippen LogP contribution in [0.15, 0.2) is 29.3 Å². The van der Waals surface area contributed by atoms with Crippen molar-refractivity contribution in [2.75, 3.05) is 13.1 Å². The van der Waals surface area contributed by atoms with Gasteiger partial charge in [-0.05, 0) is 39.8 Å². The Balaban J connectivity index is 1.40. The summed E-state index contributed by atoms with van der Waals surface area (Å²) in [4.78, 5) is 6.53. The van der Waals surface area contributed by atoms with E-state index in [0.717, 1.165) is 62.1 Å². The summed E-state index contributed by atoms with van der Waals surface area (Å²) in [5, 5.41) is 13.0. The summed E-state index contributed by atoms with van der Waals surface area (Å²) in [6.45, 7) is 8.63. The van der Waals surface area contributed by atoms with Gasteiger partial charge in [0.05, 0.1) is 25.1 Å². The van der Waals surface area contributed by atoms with Gasteiger partial charge in [-0.1, -0.05) is 5.16 Å². The molecule has 0 saturated carbocycles. The summed E-state index contributed by atoms with van der Waals surface area (Å²) in [6, 6.07) is 2.02. The zero-order valence-corrected chi connectivity index (χ0v) is 15.4. The molecule has 4 rings (SSSR count). The highest BCUT2D eigenvalue weighted by Crippen LogP contribution is 2.28. The van der Waals surface area contributed by atoms with Crippen LogP contribution in [0.1, 0.15) is 48.8 Å². The molecule has 3 aromatic rings. The molecule has 1 fully saturated rings. The number of hydrogen-bond donors (Lipinski definition) is 0. The fourth-order valence-corrected chi connectivity index (χ4v) is 3.72. The van der Waals surface area contributed by atoms with E-state index in [1.54, 1.807) is 6.20 Å². The molecule has 4 heterocycles. The van der Waals surface area contributed by atoms with E-state index in [1.165, 1.54) is 0 Å². The minimum absolute atomic E-state index is 0.465. The van der Waals surface area contributed by atoms with Crippen molar-refractivity contribution in [3.63, 3.8) is 0 Å². The minimum Gasteiger partial charge on any atom is -0.360 e. The average Bonchev–Trinajstić information content (AvgIpc) is 3.38. The van der Waals surface area contributed by atoms with Crippen LogP contribution < -0.4 is 0 Å². The van der Waals surface area contributed by atoms with Crippen molar-refractivity contribution in [1.29, 1.82) is 0 Å². The Kier molecular flexibility index (Phi) is 4.83. The summed E-state index contributed by atoms with van der Waals surface area (Å²) < 4.78 is 9.64. The van der Waals surface area contributed by atoms with Crippen LogP contribution in [0, 0.1) is 6.92 Å². The molecule has 0 unspecified atom stereocenters. The first-order valence-electron chi connectivity index (χ1n) is 9.25. The number of likely N-dealkylation sites (tertiary alicyclic amines) is 1. The van der Waals surface area contributed by atoms with Crippen LogP contribution in [0.5, 0.6) is 0 Å². The molecule has 0 aliphatic carbocycles. The van der Waals surface area contributed by atoms with Gasteiger partial charge in [-0.2, -0.15) is 0 Å².